The van der Waals surface area contributed by atoms with Crippen molar-refractivity contribution >= 4 is 5.97 Å². The van der Waals surface area contributed by atoms with Gasteiger partial charge < -0.3 is 4.74 Å². The minimum atomic E-state index is -0.0596. The van der Waals surface area contributed by atoms with Crippen molar-refractivity contribution in [3.63, 3.8) is 0 Å². The molecule has 0 fully saturated rings. The predicted molar refractivity (Wildman–Crippen MR) is 100 cm³/mol. The van der Waals surface area contributed by atoms with Gasteiger partial charge in [-0.3, -0.25) is 4.79 Å². The minimum Gasteiger partial charge on any atom is -0.465 e. The predicted octanol–water partition coefficient (Wildman–Crippen LogP) is 6.57. The summed E-state index contributed by atoms with van der Waals surface area (Å²) >= 11 is 0. The largest absolute Gasteiger partial charge is 0.465 e. The van der Waals surface area contributed by atoms with Crippen LogP contribution in [-0.2, 0) is 9.53 Å². The highest BCUT2D eigenvalue weighted by atomic mass is 16.5. The minimum absolute atomic E-state index is 0.00766. The SMILES string of the molecule is C=CCC(CCC)C(=O)OCC(CC)C/C=C\C.CC.CC. The summed E-state index contributed by atoms with van der Waals surface area (Å²) in [5.74, 6) is 0.374. The summed E-state index contributed by atoms with van der Waals surface area (Å²) in [6.07, 6.45) is 10.6. The Morgan fingerprint density at radius 1 is 1.14 bits per heavy atom. The molecule has 0 amide bonds. The number of ether oxygens (including phenoxy) is 1. The summed E-state index contributed by atoms with van der Waals surface area (Å²) in [5, 5.41) is 0. The first-order valence-electron chi connectivity index (χ1n) is 9.08. The van der Waals surface area contributed by atoms with E-state index in [4.69, 9.17) is 4.74 Å². The number of allylic oxidation sites excluding steroid dienone is 3. The monoisotopic (exact) mass is 312 g/mol. The molecule has 0 aromatic rings. The number of hydrogen-bond acceptors (Lipinski definition) is 2. The topological polar surface area (TPSA) is 26.3 Å². The van der Waals surface area contributed by atoms with Gasteiger partial charge in [-0.2, -0.15) is 0 Å². The molecule has 0 aromatic heterocycles. The average molecular weight is 313 g/mol. The second-order valence-corrected chi connectivity index (χ2v) is 4.72. The van der Waals surface area contributed by atoms with Gasteiger partial charge in [-0.05, 0) is 38.5 Å². The van der Waals surface area contributed by atoms with Crippen molar-refractivity contribution in [3.05, 3.63) is 24.8 Å². The summed E-state index contributed by atoms with van der Waals surface area (Å²) in [4.78, 5) is 11.9. The zero-order chi connectivity index (χ0) is 17.8. The quantitative estimate of drug-likeness (QED) is 0.337. The van der Waals surface area contributed by atoms with Crippen molar-refractivity contribution < 1.29 is 9.53 Å². The van der Waals surface area contributed by atoms with E-state index in [-0.39, 0.29) is 11.9 Å². The Morgan fingerprint density at radius 2 is 1.73 bits per heavy atom. The van der Waals surface area contributed by atoms with Crippen molar-refractivity contribution in [2.24, 2.45) is 11.8 Å². The molecule has 0 aliphatic heterocycles. The highest BCUT2D eigenvalue weighted by Crippen LogP contribution is 2.16. The van der Waals surface area contributed by atoms with Crippen LogP contribution in [0.15, 0.2) is 24.8 Å². The lowest BCUT2D eigenvalue weighted by atomic mass is 9.99. The molecule has 2 unspecified atom stereocenters. The first-order chi connectivity index (χ1) is 10.7. The third-order valence-electron chi connectivity index (χ3n) is 3.17. The normalized spacial score (nSPS) is 12.3. The van der Waals surface area contributed by atoms with E-state index in [0.717, 1.165) is 32.1 Å². The second kappa shape index (κ2) is 22.2. The van der Waals surface area contributed by atoms with Crippen LogP contribution < -0.4 is 0 Å². The number of esters is 1. The van der Waals surface area contributed by atoms with Crippen molar-refractivity contribution in [2.45, 2.75) is 80.6 Å². The summed E-state index contributed by atoms with van der Waals surface area (Å²) in [7, 11) is 0. The van der Waals surface area contributed by atoms with Gasteiger partial charge in [0.25, 0.3) is 0 Å². The number of rotatable bonds is 10. The molecule has 0 aliphatic carbocycles. The first kappa shape index (κ1) is 25.9. The zero-order valence-electron chi connectivity index (χ0n) is 16.2. The molecular formula is C20H40O2. The zero-order valence-corrected chi connectivity index (χ0v) is 16.2. The Balaban J connectivity index is -0.000000826. The molecule has 0 saturated heterocycles. The molecule has 2 heteroatoms. The van der Waals surface area contributed by atoms with E-state index in [0.29, 0.717) is 12.5 Å². The van der Waals surface area contributed by atoms with Gasteiger partial charge in [-0.15, -0.1) is 6.58 Å². The summed E-state index contributed by atoms with van der Waals surface area (Å²) in [5.41, 5.74) is 0. The maximum absolute atomic E-state index is 11.9. The molecule has 2 nitrogen and oxygen atoms in total. The molecule has 0 N–H and O–H groups in total. The Labute approximate surface area is 140 Å². The van der Waals surface area contributed by atoms with Crippen LogP contribution in [0.25, 0.3) is 0 Å². The van der Waals surface area contributed by atoms with E-state index < -0.39 is 0 Å². The van der Waals surface area contributed by atoms with Crippen LogP contribution in [0.4, 0.5) is 0 Å². The molecule has 0 spiro atoms. The summed E-state index contributed by atoms with van der Waals surface area (Å²) < 4.78 is 5.44. The Hall–Kier alpha value is -1.05. The third-order valence-corrected chi connectivity index (χ3v) is 3.17. The lowest BCUT2D eigenvalue weighted by Gasteiger charge is -2.17. The van der Waals surface area contributed by atoms with Crippen LogP contribution in [0.2, 0.25) is 0 Å². The second-order valence-electron chi connectivity index (χ2n) is 4.72. The number of carbonyl (C=O) groups is 1. The highest BCUT2D eigenvalue weighted by Gasteiger charge is 2.18. The van der Waals surface area contributed by atoms with Gasteiger partial charge in [0, 0.05) is 0 Å². The number of carbonyl (C=O) groups excluding carboxylic acids is 1. The Bertz CT molecular complexity index is 256. The molecule has 132 valence electrons. The molecular weight excluding hydrogens is 272 g/mol. The molecule has 0 aromatic carbocycles. The van der Waals surface area contributed by atoms with E-state index in [2.05, 4.69) is 26.5 Å². The van der Waals surface area contributed by atoms with Gasteiger partial charge in [0.05, 0.1) is 12.5 Å². The molecule has 0 bridgehead atoms. The fourth-order valence-electron chi connectivity index (χ4n) is 1.88. The van der Waals surface area contributed by atoms with Crippen LogP contribution in [-0.4, -0.2) is 12.6 Å². The van der Waals surface area contributed by atoms with Gasteiger partial charge in [0.2, 0.25) is 0 Å². The molecule has 0 rings (SSSR count). The van der Waals surface area contributed by atoms with Crippen molar-refractivity contribution in [1.29, 1.82) is 0 Å². The fourth-order valence-corrected chi connectivity index (χ4v) is 1.88. The van der Waals surface area contributed by atoms with E-state index in [1.165, 1.54) is 0 Å². The highest BCUT2D eigenvalue weighted by molar-refractivity contribution is 5.72. The summed E-state index contributed by atoms with van der Waals surface area (Å²) in [6, 6.07) is 0. The van der Waals surface area contributed by atoms with Crippen LogP contribution in [0, 0.1) is 11.8 Å². The maximum Gasteiger partial charge on any atom is 0.309 e. The van der Waals surface area contributed by atoms with E-state index in [1.807, 2.05) is 40.7 Å². The third kappa shape index (κ3) is 15.3. The Morgan fingerprint density at radius 3 is 2.14 bits per heavy atom. The molecule has 0 saturated carbocycles. The molecule has 0 aliphatic rings. The van der Waals surface area contributed by atoms with Crippen LogP contribution in [0.3, 0.4) is 0 Å². The smallest absolute Gasteiger partial charge is 0.309 e. The van der Waals surface area contributed by atoms with Gasteiger partial charge in [-0.25, -0.2) is 0 Å². The summed E-state index contributed by atoms with van der Waals surface area (Å²) in [6.45, 7) is 18.5. The molecule has 22 heavy (non-hydrogen) atoms. The Kier molecular flexibility index (Phi) is 26.2. The fraction of sp³-hybridized carbons (Fsp3) is 0.750. The lowest BCUT2D eigenvalue weighted by Crippen LogP contribution is -2.20. The lowest BCUT2D eigenvalue weighted by molar-refractivity contribution is -0.150. The van der Waals surface area contributed by atoms with Gasteiger partial charge in [0.1, 0.15) is 0 Å². The first-order valence-corrected chi connectivity index (χ1v) is 9.08. The van der Waals surface area contributed by atoms with Crippen molar-refractivity contribution in [3.8, 4) is 0 Å². The molecule has 0 radical (unpaired) electrons. The van der Waals surface area contributed by atoms with E-state index >= 15 is 0 Å². The molecule has 2 atom stereocenters. The van der Waals surface area contributed by atoms with Gasteiger partial charge in [-0.1, -0.05) is 66.2 Å². The van der Waals surface area contributed by atoms with Gasteiger partial charge in [0.15, 0.2) is 0 Å². The average Bonchev–Trinajstić information content (AvgIpc) is 2.58. The van der Waals surface area contributed by atoms with Crippen LogP contribution in [0.5, 0.6) is 0 Å². The van der Waals surface area contributed by atoms with Crippen molar-refractivity contribution in [1.82, 2.24) is 0 Å². The van der Waals surface area contributed by atoms with Gasteiger partial charge >= 0.3 is 5.97 Å². The van der Waals surface area contributed by atoms with Crippen LogP contribution in [0.1, 0.15) is 80.6 Å². The molecule has 0 heterocycles. The van der Waals surface area contributed by atoms with E-state index in [1.54, 1.807) is 6.08 Å². The van der Waals surface area contributed by atoms with Crippen molar-refractivity contribution in [2.75, 3.05) is 6.61 Å². The van der Waals surface area contributed by atoms with E-state index in [9.17, 15) is 4.79 Å². The number of hydrogen-bond donors (Lipinski definition) is 0. The van der Waals surface area contributed by atoms with Crippen LogP contribution >= 0.6 is 0 Å². The standard InChI is InChI=1S/C16H28O2.2C2H6/c1-5-9-12-14(8-4)13-18-16(17)15(10-6-2)11-7-3;2*1-2/h5-6,9,14-15H,2,7-8,10-13H2,1,3-4H3;2*1-2H3/b9-5-;;. The maximum atomic E-state index is 11.9.